The van der Waals surface area contributed by atoms with Crippen LogP contribution in [-0.4, -0.2) is 51.7 Å². The molecule has 1 unspecified atom stereocenters. The Bertz CT molecular complexity index is 179. The average Bonchev–Trinajstić information content (AvgIpc) is 1.84. The van der Waals surface area contributed by atoms with E-state index in [1.807, 2.05) is 0 Å². The lowest BCUT2D eigenvalue weighted by molar-refractivity contribution is -0.867. The van der Waals surface area contributed by atoms with E-state index in [9.17, 15) is 4.57 Å². The minimum absolute atomic E-state index is 0.880. The van der Waals surface area contributed by atoms with Gasteiger partial charge < -0.3 is 9.01 Å². The molecule has 0 rings (SSSR count). The summed E-state index contributed by atoms with van der Waals surface area (Å²) in [7, 11) is 7.86. The van der Waals surface area contributed by atoms with Crippen LogP contribution in [0.3, 0.4) is 0 Å². The molecule has 0 heterocycles. The molecule has 1 atom stereocenters. The van der Waals surface area contributed by atoms with Crippen molar-refractivity contribution in [3.8, 4) is 0 Å². The molecule has 0 saturated carbocycles. The summed E-state index contributed by atoms with van der Waals surface area (Å²) in [6.07, 6.45) is 0. The second-order valence-corrected chi connectivity index (χ2v) is 9.14. The number of quaternary nitrogens is 1. The fourth-order valence-electron chi connectivity index (χ4n) is 0.533. The zero-order chi connectivity index (χ0) is 9.83. The Morgan fingerprint density at radius 1 is 1.42 bits per heavy atom. The lowest BCUT2D eigenvalue weighted by atomic mass is 10.6. The van der Waals surface area contributed by atoms with Gasteiger partial charge in [-0.2, -0.15) is 0 Å². The van der Waals surface area contributed by atoms with E-state index in [-0.39, 0.29) is 0 Å². The second-order valence-electron chi connectivity index (χ2n) is 3.80. The van der Waals surface area contributed by atoms with Crippen LogP contribution in [-0.2, 0) is 9.09 Å². The van der Waals surface area contributed by atoms with Crippen LogP contribution < -0.4 is 0 Å². The molecule has 0 bridgehead atoms. The van der Waals surface area contributed by atoms with Gasteiger partial charge in [-0.15, -0.1) is 0 Å². The third kappa shape index (κ3) is 7.17. The molecule has 0 spiro atoms. The van der Waals surface area contributed by atoms with Gasteiger partial charge in [0.05, 0.1) is 33.4 Å². The van der Waals surface area contributed by atoms with E-state index in [0.717, 1.165) is 16.8 Å². The Morgan fingerprint density at radius 2 is 1.92 bits per heavy atom. The third-order valence-corrected chi connectivity index (χ3v) is 5.32. The van der Waals surface area contributed by atoms with Crippen molar-refractivity contribution in [2.75, 3.05) is 47.2 Å². The largest absolute Gasteiger partial charge is 0.330 e. The predicted molar refractivity (Wildman–Crippen MR) is 55.9 cm³/mol. The van der Waals surface area contributed by atoms with Crippen molar-refractivity contribution in [3.05, 3.63) is 0 Å². The maximum absolute atomic E-state index is 11.4. The Kier molecular flexibility index (Phi) is 4.85. The summed E-state index contributed by atoms with van der Waals surface area (Å²) in [6.45, 7) is 0.313. The molecule has 0 aliphatic carbocycles. The van der Waals surface area contributed by atoms with Gasteiger partial charge in [0.25, 0.3) is 6.57 Å². The Labute approximate surface area is 79.3 Å². The summed E-state index contributed by atoms with van der Waals surface area (Å²) >= 11 is 1.42. The maximum atomic E-state index is 11.4. The molecule has 3 nitrogen and oxygen atoms in total. The van der Waals surface area contributed by atoms with Crippen molar-refractivity contribution >= 4 is 18.0 Å². The van der Waals surface area contributed by atoms with E-state index in [1.54, 1.807) is 6.66 Å². The molecule has 0 saturated heterocycles. The number of hydrogen-bond donors (Lipinski definition) is 0. The summed E-state index contributed by atoms with van der Waals surface area (Å²) < 4.78 is 17.2. The lowest BCUT2D eigenvalue weighted by Gasteiger charge is -2.23. The smallest absolute Gasteiger partial charge is 0.254 e. The van der Waals surface area contributed by atoms with Crippen LogP contribution >= 0.6 is 18.0 Å². The van der Waals surface area contributed by atoms with E-state index in [2.05, 4.69) is 21.1 Å². The van der Waals surface area contributed by atoms with Crippen molar-refractivity contribution in [2.45, 2.75) is 0 Å². The molecule has 0 amide bonds. The second kappa shape index (κ2) is 4.66. The molecule has 0 N–H and O–H groups in total. The molecule has 0 aromatic carbocycles. The van der Waals surface area contributed by atoms with Gasteiger partial charge in [0.15, 0.2) is 0 Å². The van der Waals surface area contributed by atoms with Crippen LogP contribution in [0.25, 0.3) is 0 Å². The van der Waals surface area contributed by atoms with Crippen LogP contribution in [0.4, 0.5) is 0 Å². The minimum atomic E-state index is -2.35. The zero-order valence-corrected chi connectivity index (χ0v) is 10.2. The SMILES string of the molecule is COP(C)(=O)SCC[N+](C)(C)C. The van der Waals surface area contributed by atoms with Gasteiger partial charge in [-0.05, 0) is 0 Å². The van der Waals surface area contributed by atoms with E-state index in [1.165, 1.54) is 18.5 Å². The molecule has 0 aliphatic heterocycles. The van der Waals surface area contributed by atoms with Crippen molar-refractivity contribution < 1.29 is 13.6 Å². The van der Waals surface area contributed by atoms with Crippen LogP contribution in [0.2, 0.25) is 0 Å². The Morgan fingerprint density at radius 3 is 2.25 bits per heavy atom. The normalized spacial score (nSPS) is 17.4. The quantitative estimate of drug-likeness (QED) is 0.514. The summed E-state index contributed by atoms with van der Waals surface area (Å²) in [4.78, 5) is 0. The topological polar surface area (TPSA) is 26.3 Å². The van der Waals surface area contributed by atoms with Crippen LogP contribution in [0.15, 0.2) is 0 Å². The molecule has 0 radical (unpaired) electrons. The van der Waals surface area contributed by atoms with Crippen molar-refractivity contribution in [2.24, 2.45) is 0 Å². The highest BCUT2D eigenvalue weighted by Gasteiger charge is 2.16. The highest BCUT2D eigenvalue weighted by atomic mass is 32.7. The summed E-state index contributed by atoms with van der Waals surface area (Å²) in [6, 6.07) is 0. The number of hydrogen-bond acceptors (Lipinski definition) is 3. The van der Waals surface area contributed by atoms with Gasteiger partial charge in [0.2, 0.25) is 0 Å². The Hall–Kier alpha value is 0.500. The van der Waals surface area contributed by atoms with Crippen molar-refractivity contribution in [1.29, 1.82) is 0 Å². The number of nitrogens with zero attached hydrogens (tertiary/aromatic N) is 1. The molecule has 12 heavy (non-hydrogen) atoms. The van der Waals surface area contributed by atoms with Crippen LogP contribution in [0.5, 0.6) is 0 Å². The van der Waals surface area contributed by atoms with E-state index in [4.69, 9.17) is 4.52 Å². The molecule has 0 aromatic rings. The maximum Gasteiger partial charge on any atom is 0.254 e. The van der Waals surface area contributed by atoms with Crippen LogP contribution in [0, 0.1) is 0 Å². The standard InChI is InChI=1S/C7H19NO2PS/c1-8(2,3)6-7-12-11(5,9)10-4/h6-7H2,1-5H3/q+1. The fourth-order valence-corrected chi connectivity index (χ4v) is 3.16. The summed E-state index contributed by atoms with van der Waals surface area (Å²) in [5.41, 5.74) is 0. The third-order valence-electron chi connectivity index (χ3n) is 1.42. The molecular weight excluding hydrogens is 193 g/mol. The highest BCUT2D eigenvalue weighted by Crippen LogP contribution is 2.55. The van der Waals surface area contributed by atoms with Gasteiger partial charge in [-0.25, -0.2) is 0 Å². The van der Waals surface area contributed by atoms with Crippen molar-refractivity contribution in [1.82, 2.24) is 0 Å². The fraction of sp³-hybridized carbons (Fsp3) is 1.00. The lowest BCUT2D eigenvalue weighted by Crippen LogP contribution is -2.36. The predicted octanol–water partition coefficient (Wildman–Crippen LogP) is 1.90. The van der Waals surface area contributed by atoms with Gasteiger partial charge in [-0.1, -0.05) is 11.4 Å². The molecule has 0 aromatic heterocycles. The first-order valence-electron chi connectivity index (χ1n) is 3.85. The molecule has 0 aliphatic rings. The summed E-state index contributed by atoms with van der Waals surface area (Å²) in [5.74, 6) is 0.880. The summed E-state index contributed by atoms with van der Waals surface area (Å²) in [5, 5.41) is 0. The van der Waals surface area contributed by atoms with Crippen molar-refractivity contribution in [3.63, 3.8) is 0 Å². The molecule has 5 heteroatoms. The Balaban J connectivity index is 3.65. The van der Waals surface area contributed by atoms with Crippen LogP contribution in [0.1, 0.15) is 0 Å². The molecule has 74 valence electrons. The molecular formula is C7H19NO2PS+. The monoisotopic (exact) mass is 212 g/mol. The van der Waals surface area contributed by atoms with E-state index >= 15 is 0 Å². The van der Waals surface area contributed by atoms with E-state index < -0.39 is 6.57 Å². The van der Waals surface area contributed by atoms with E-state index in [0.29, 0.717) is 0 Å². The first-order chi connectivity index (χ1) is 5.27. The minimum Gasteiger partial charge on any atom is -0.330 e. The van der Waals surface area contributed by atoms with Gasteiger partial charge in [-0.3, -0.25) is 4.57 Å². The first-order valence-corrected chi connectivity index (χ1v) is 7.51. The zero-order valence-electron chi connectivity index (χ0n) is 8.53. The molecule has 0 fully saturated rings. The number of rotatable bonds is 5. The highest BCUT2D eigenvalue weighted by molar-refractivity contribution is 8.56. The van der Waals surface area contributed by atoms with Gasteiger partial charge in [0, 0.05) is 13.8 Å². The van der Waals surface area contributed by atoms with Gasteiger partial charge in [0.1, 0.15) is 0 Å². The average molecular weight is 212 g/mol. The van der Waals surface area contributed by atoms with Gasteiger partial charge >= 0.3 is 0 Å². The first kappa shape index (κ1) is 12.5.